The first-order valence-electron chi connectivity index (χ1n) is 6.43. The average Bonchev–Trinajstić information content (AvgIpc) is 2.27. The summed E-state index contributed by atoms with van der Waals surface area (Å²) >= 11 is 0. The van der Waals surface area contributed by atoms with Crippen molar-refractivity contribution in [1.29, 1.82) is 0 Å². The zero-order valence-electron chi connectivity index (χ0n) is 12.1. The summed E-state index contributed by atoms with van der Waals surface area (Å²) < 4.78 is 12.8. The first-order chi connectivity index (χ1) is 8.32. The highest BCUT2D eigenvalue weighted by molar-refractivity contribution is 5.15. The fourth-order valence-corrected chi connectivity index (χ4v) is 2.08. The quantitative estimate of drug-likeness (QED) is 0.867. The molecule has 0 aromatic heterocycles. The molecule has 1 aromatic rings. The summed E-state index contributed by atoms with van der Waals surface area (Å²) in [5.74, 6) is -0.177. The maximum atomic E-state index is 12.8. The van der Waals surface area contributed by atoms with Crippen molar-refractivity contribution in [3.05, 3.63) is 35.6 Å². The largest absolute Gasteiger partial charge is 0.315 e. The first-order valence-corrected chi connectivity index (χ1v) is 6.43. The molecule has 0 fully saturated rings. The minimum absolute atomic E-state index is 0.177. The molecule has 0 amide bonds. The number of rotatable bonds is 5. The highest BCUT2D eigenvalue weighted by atomic mass is 19.1. The minimum atomic E-state index is -0.177. The number of hydrogen-bond donors (Lipinski definition) is 1. The van der Waals surface area contributed by atoms with E-state index >= 15 is 0 Å². The van der Waals surface area contributed by atoms with Gasteiger partial charge in [-0.25, -0.2) is 4.39 Å². The van der Waals surface area contributed by atoms with Gasteiger partial charge in [-0.2, -0.15) is 0 Å². The summed E-state index contributed by atoms with van der Waals surface area (Å²) in [7, 11) is 4.10. The Hall–Kier alpha value is -0.930. The van der Waals surface area contributed by atoms with E-state index in [9.17, 15) is 4.39 Å². The summed E-state index contributed by atoms with van der Waals surface area (Å²) in [4.78, 5) is 2.26. The zero-order valence-corrected chi connectivity index (χ0v) is 12.1. The van der Waals surface area contributed by atoms with E-state index in [1.807, 2.05) is 19.2 Å². The van der Waals surface area contributed by atoms with Crippen LogP contribution in [0.2, 0.25) is 0 Å². The van der Waals surface area contributed by atoms with Gasteiger partial charge in [-0.3, -0.25) is 0 Å². The van der Waals surface area contributed by atoms with Gasteiger partial charge in [0.15, 0.2) is 0 Å². The van der Waals surface area contributed by atoms with Gasteiger partial charge in [-0.1, -0.05) is 32.9 Å². The van der Waals surface area contributed by atoms with Crippen LogP contribution in [0, 0.1) is 11.2 Å². The summed E-state index contributed by atoms with van der Waals surface area (Å²) in [6, 6.07) is 7.16. The van der Waals surface area contributed by atoms with Gasteiger partial charge in [0, 0.05) is 19.1 Å². The summed E-state index contributed by atoms with van der Waals surface area (Å²) in [6.45, 7) is 8.52. The summed E-state index contributed by atoms with van der Waals surface area (Å²) in [5, 5.41) is 3.37. The molecule has 1 N–H and O–H groups in total. The first kappa shape index (κ1) is 15.1. The number of likely N-dealkylation sites (N-methyl/N-ethyl adjacent to an activating group) is 2. The van der Waals surface area contributed by atoms with E-state index in [0.717, 1.165) is 18.7 Å². The van der Waals surface area contributed by atoms with E-state index in [4.69, 9.17) is 0 Å². The van der Waals surface area contributed by atoms with Crippen LogP contribution in [-0.4, -0.2) is 31.6 Å². The second-order valence-electron chi connectivity index (χ2n) is 6.03. The van der Waals surface area contributed by atoms with Gasteiger partial charge in [-0.05, 0) is 37.2 Å². The molecular formula is C15H25FN2. The molecule has 3 heteroatoms. The molecule has 0 radical (unpaired) electrons. The summed E-state index contributed by atoms with van der Waals surface area (Å²) in [5.41, 5.74) is 1.37. The number of nitrogens with zero attached hydrogens (tertiary/aromatic N) is 1. The van der Waals surface area contributed by atoms with Crippen molar-refractivity contribution < 1.29 is 4.39 Å². The van der Waals surface area contributed by atoms with E-state index in [1.54, 1.807) is 0 Å². The molecule has 0 heterocycles. The predicted octanol–water partition coefficient (Wildman–Crippen LogP) is 2.89. The molecule has 0 aliphatic heterocycles. The maximum Gasteiger partial charge on any atom is 0.123 e. The molecule has 2 nitrogen and oxygen atoms in total. The molecule has 102 valence electrons. The van der Waals surface area contributed by atoms with Crippen LogP contribution in [-0.2, 0) is 6.54 Å². The Balaban J connectivity index is 2.55. The number of hydrogen-bond acceptors (Lipinski definition) is 2. The van der Waals surface area contributed by atoms with Crippen LogP contribution in [0.1, 0.15) is 26.3 Å². The van der Waals surface area contributed by atoms with E-state index in [0.29, 0.717) is 6.04 Å². The second-order valence-corrected chi connectivity index (χ2v) is 6.03. The van der Waals surface area contributed by atoms with Gasteiger partial charge < -0.3 is 10.2 Å². The molecular weight excluding hydrogens is 227 g/mol. The van der Waals surface area contributed by atoms with Gasteiger partial charge in [-0.15, -0.1) is 0 Å². The third kappa shape index (κ3) is 4.75. The number of nitrogens with one attached hydrogen (secondary N) is 1. The lowest BCUT2D eigenvalue weighted by molar-refractivity contribution is 0.198. The lowest BCUT2D eigenvalue weighted by Gasteiger charge is -2.33. The Morgan fingerprint density at radius 3 is 2.22 bits per heavy atom. The van der Waals surface area contributed by atoms with Gasteiger partial charge in [0.1, 0.15) is 5.82 Å². The Bertz CT molecular complexity index is 354. The average molecular weight is 252 g/mol. The van der Waals surface area contributed by atoms with Crippen LogP contribution in [0.15, 0.2) is 24.3 Å². The van der Waals surface area contributed by atoms with Crippen LogP contribution >= 0.6 is 0 Å². The topological polar surface area (TPSA) is 15.3 Å². The monoisotopic (exact) mass is 252 g/mol. The SMILES string of the molecule is CNC(CN(C)Cc1ccc(F)cc1)C(C)(C)C. The lowest BCUT2D eigenvalue weighted by atomic mass is 9.86. The predicted molar refractivity (Wildman–Crippen MR) is 75.0 cm³/mol. The fraction of sp³-hybridized carbons (Fsp3) is 0.600. The van der Waals surface area contributed by atoms with Crippen LogP contribution in [0.5, 0.6) is 0 Å². The van der Waals surface area contributed by atoms with Crippen molar-refractivity contribution in [1.82, 2.24) is 10.2 Å². The van der Waals surface area contributed by atoms with Gasteiger partial charge in [0.05, 0.1) is 0 Å². The molecule has 18 heavy (non-hydrogen) atoms. The van der Waals surface area contributed by atoms with Crippen molar-refractivity contribution >= 4 is 0 Å². The molecule has 0 saturated heterocycles. The van der Waals surface area contributed by atoms with Crippen LogP contribution in [0.4, 0.5) is 4.39 Å². The Morgan fingerprint density at radius 1 is 1.22 bits per heavy atom. The molecule has 0 spiro atoms. The van der Waals surface area contributed by atoms with E-state index < -0.39 is 0 Å². The molecule has 0 aliphatic carbocycles. The third-order valence-electron chi connectivity index (χ3n) is 3.25. The normalized spacial score (nSPS) is 13.9. The molecule has 1 rings (SSSR count). The molecule has 0 saturated carbocycles. The van der Waals surface area contributed by atoms with Crippen molar-refractivity contribution in [2.24, 2.45) is 5.41 Å². The zero-order chi connectivity index (χ0) is 13.8. The standard InChI is InChI=1S/C15H25FN2/c1-15(2,3)14(17-4)11-18(5)10-12-6-8-13(16)9-7-12/h6-9,14,17H,10-11H2,1-5H3. The van der Waals surface area contributed by atoms with Crippen molar-refractivity contribution in [2.75, 3.05) is 20.6 Å². The third-order valence-corrected chi connectivity index (χ3v) is 3.25. The Kier molecular flexibility index (Phi) is 5.29. The second kappa shape index (κ2) is 6.30. The molecule has 1 unspecified atom stereocenters. The molecule has 0 aliphatic rings. The molecule has 1 atom stereocenters. The van der Waals surface area contributed by atoms with E-state index in [1.165, 1.54) is 12.1 Å². The van der Waals surface area contributed by atoms with Crippen LogP contribution < -0.4 is 5.32 Å². The van der Waals surface area contributed by atoms with Crippen molar-refractivity contribution in [3.8, 4) is 0 Å². The Labute approximate surface area is 110 Å². The Morgan fingerprint density at radius 2 is 1.78 bits per heavy atom. The molecule has 0 bridgehead atoms. The highest BCUT2D eigenvalue weighted by Crippen LogP contribution is 2.20. The minimum Gasteiger partial charge on any atom is -0.315 e. The van der Waals surface area contributed by atoms with Gasteiger partial charge in [0.2, 0.25) is 0 Å². The van der Waals surface area contributed by atoms with Crippen LogP contribution in [0.25, 0.3) is 0 Å². The van der Waals surface area contributed by atoms with Crippen molar-refractivity contribution in [2.45, 2.75) is 33.4 Å². The van der Waals surface area contributed by atoms with Gasteiger partial charge >= 0.3 is 0 Å². The number of benzene rings is 1. The van der Waals surface area contributed by atoms with Crippen molar-refractivity contribution in [3.63, 3.8) is 0 Å². The van der Waals surface area contributed by atoms with E-state index in [-0.39, 0.29) is 11.2 Å². The van der Waals surface area contributed by atoms with E-state index in [2.05, 4.69) is 38.0 Å². The fourth-order valence-electron chi connectivity index (χ4n) is 2.08. The maximum absolute atomic E-state index is 12.8. The van der Waals surface area contributed by atoms with Crippen LogP contribution in [0.3, 0.4) is 0 Å². The summed E-state index contributed by atoms with van der Waals surface area (Å²) in [6.07, 6.45) is 0. The number of halogens is 1. The molecule has 1 aromatic carbocycles. The highest BCUT2D eigenvalue weighted by Gasteiger charge is 2.23. The lowest BCUT2D eigenvalue weighted by Crippen LogP contribution is -2.45. The van der Waals surface area contributed by atoms with Gasteiger partial charge in [0.25, 0.3) is 0 Å². The smallest absolute Gasteiger partial charge is 0.123 e.